The van der Waals surface area contributed by atoms with Crippen molar-refractivity contribution in [2.75, 3.05) is 5.43 Å². The third-order valence-corrected chi connectivity index (χ3v) is 4.35. The van der Waals surface area contributed by atoms with Crippen molar-refractivity contribution >= 4 is 43.9 Å². The minimum atomic E-state index is 0.156. The molecule has 7 heteroatoms. The van der Waals surface area contributed by atoms with E-state index in [1.807, 2.05) is 31.2 Å². The van der Waals surface area contributed by atoms with Crippen molar-refractivity contribution in [2.45, 2.75) is 6.92 Å². The number of hydrogen-bond acceptors (Lipinski definition) is 5. The van der Waals surface area contributed by atoms with Crippen LogP contribution in [-0.4, -0.2) is 21.3 Å². The Kier molecular flexibility index (Phi) is 5.45. The molecule has 2 N–H and O–H groups in total. The molecule has 0 spiro atoms. The summed E-state index contributed by atoms with van der Waals surface area (Å²) in [4.78, 5) is 8.94. The summed E-state index contributed by atoms with van der Waals surface area (Å²) in [5, 5.41) is 14.0. The molecular formula is C18H14Br2N4O. The molecule has 5 nitrogen and oxygen atoms in total. The molecular weight excluding hydrogens is 448 g/mol. The first-order chi connectivity index (χ1) is 12.0. The van der Waals surface area contributed by atoms with Gasteiger partial charge in [-0.15, -0.1) is 0 Å². The molecule has 25 heavy (non-hydrogen) atoms. The predicted molar refractivity (Wildman–Crippen MR) is 107 cm³/mol. The van der Waals surface area contributed by atoms with E-state index in [1.165, 1.54) is 6.21 Å². The highest BCUT2D eigenvalue weighted by Gasteiger charge is 2.05. The molecule has 3 aromatic rings. The smallest absolute Gasteiger partial charge is 0.161 e. The summed E-state index contributed by atoms with van der Waals surface area (Å²) >= 11 is 6.78. The number of nitrogens with zero attached hydrogens (tertiary/aromatic N) is 3. The van der Waals surface area contributed by atoms with Crippen LogP contribution < -0.4 is 5.43 Å². The Hall–Kier alpha value is -2.25. The summed E-state index contributed by atoms with van der Waals surface area (Å²) in [6, 6.07) is 14.7. The lowest BCUT2D eigenvalue weighted by Crippen LogP contribution is -1.99. The van der Waals surface area contributed by atoms with Gasteiger partial charge in [0.15, 0.2) is 11.6 Å². The standard InChI is InChI=1S/C18H14Br2N4O/c1-11-8-17(23-18(22-11)12-2-4-14(19)5-3-12)24-21-10-13-9-15(20)6-7-16(13)25/h2-10,25H,1H3,(H,22,23,24)/b21-10+. The first-order valence-electron chi connectivity index (χ1n) is 7.40. The van der Waals surface area contributed by atoms with Gasteiger partial charge in [0, 0.05) is 31.8 Å². The molecule has 1 aromatic heterocycles. The van der Waals surface area contributed by atoms with Gasteiger partial charge in [-0.1, -0.05) is 44.0 Å². The third-order valence-electron chi connectivity index (χ3n) is 3.33. The Balaban J connectivity index is 1.82. The molecule has 2 aromatic carbocycles. The average molecular weight is 462 g/mol. The number of aromatic hydroxyl groups is 1. The van der Waals surface area contributed by atoms with Crippen LogP contribution in [0.4, 0.5) is 5.82 Å². The summed E-state index contributed by atoms with van der Waals surface area (Å²) in [7, 11) is 0. The van der Waals surface area contributed by atoms with Crippen LogP contribution in [0.15, 0.2) is 62.6 Å². The fraction of sp³-hybridized carbons (Fsp3) is 0.0556. The van der Waals surface area contributed by atoms with Crippen LogP contribution in [0.1, 0.15) is 11.3 Å². The van der Waals surface area contributed by atoms with E-state index in [2.05, 4.69) is 52.4 Å². The van der Waals surface area contributed by atoms with E-state index in [-0.39, 0.29) is 5.75 Å². The Morgan fingerprint density at radius 1 is 1.00 bits per heavy atom. The number of hydrazone groups is 1. The average Bonchev–Trinajstić information content (AvgIpc) is 2.58. The summed E-state index contributed by atoms with van der Waals surface area (Å²) in [5.41, 5.74) is 5.23. The second-order valence-electron chi connectivity index (χ2n) is 5.30. The highest BCUT2D eigenvalue weighted by atomic mass is 79.9. The molecule has 0 bridgehead atoms. The number of anilines is 1. The van der Waals surface area contributed by atoms with E-state index in [0.29, 0.717) is 17.2 Å². The molecule has 0 unspecified atom stereocenters. The maximum Gasteiger partial charge on any atom is 0.161 e. The second kappa shape index (κ2) is 7.76. The number of phenols is 1. The predicted octanol–water partition coefficient (Wildman–Crippen LogP) is 5.13. The van der Waals surface area contributed by atoms with Gasteiger partial charge in [0.05, 0.1) is 6.21 Å². The van der Waals surface area contributed by atoms with Crippen molar-refractivity contribution in [3.63, 3.8) is 0 Å². The first kappa shape index (κ1) is 17.6. The molecule has 3 rings (SSSR count). The van der Waals surface area contributed by atoms with Gasteiger partial charge in [-0.05, 0) is 37.3 Å². The van der Waals surface area contributed by atoms with Crippen molar-refractivity contribution in [1.82, 2.24) is 9.97 Å². The Labute approximate surface area is 162 Å². The van der Waals surface area contributed by atoms with E-state index in [1.54, 1.807) is 24.3 Å². The normalized spacial score (nSPS) is 11.0. The molecule has 0 radical (unpaired) electrons. The number of nitrogens with one attached hydrogen (secondary N) is 1. The largest absolute Gasteiger partial charge is 0.507 e. The van der Waals surface area contributed by atoms with Gasteiger partial charge in [-0.3, -0.25) is 5.43 Å². The molecule has 0 aliphatic rings. The van der Waals surface area contributed by atoms with E-state index < -0.39 is 0 Å². The lowest BCUT2D eigenvalue weighted by molar-refractivity contribution is 0.474. The van der Waals surface area contributed by atoms with Crippen molar-refractivity contribution in [2.24, 2.45) is 5.10 Å². The van der Waals surface area contributed by atoms with Crippen LogP contribution in [0.3, 0.4) is 0 Å². The van der Waals surface area contributed by atoms with Crippen LogP contribution in [0.25, 0.3) is 11.4 Å². The quantitative estimate of drug-likeness (QED) is 0.417. The lowest BCUT2D eigenvalue weighted by Gasteiger charge is -2.06. The zero-order chi connectivity index (χ0) is 17.8. The van der Waals surface area contributed by atoms with Gasteiger partial charge in [-0.25, -0.2) is 9.97 Å². The van der Waals surface area contributed by atoms with Crippen molar-refractivity contribution in [1.29, 1.82) is 0 Å². The number of halogens is 2. The first-order valence-corrected chi connectivity index (χ1v) is 8.99. The van der Waals surface area contributed by atoms with Crippen LogP contribution >= 0.6 is 31.9 Å². The van der Waals surface area contributed by atoms with Gasteiger partial charge < -0.3 is 5.11 Å². The molecule has 126 valence electrons. The van der Waals surface area contributed by atoms with Gasteiger partial charge in [-0.2, -0.15) is 5.10 Å². The minimum Gasteiger partial charge on any atom is -0.507 e. The van der Waals surface area contributed by atoms with Gasteiger partial charge in [0.25, 0.3) is 0 Å². The van der Waals surface area contributed by atoms with Crippen molar-refractivity contribution < 1.29 is 5.11 Å². The van der Waals surface area contributed by atoms with E-state index >= 15 is 0 Å². The topological polar surface area (TPSA) is 70.4 Å². The summed E-state index contributed by atoms with van der Waals surface area (Å²) in [6.45, 7) is 1.90. The number of hydrogen-bond donors (Lipinski definition) is 2. The summed E-state index contributed by atoms with van der Waals surface area (Å²) in [5.74, 6) is 1.36. The maximum absolute atomic E-state index is 9.82. The second-order valence-corrected chi connectivity index (χ2v) is 7.13. The molecule has 0 saturated heterocycles. The third kappa shape index (κ3) is 4.64. The van der Waals surface area contributed by atoms with Crippen LogP contribution in [0.5, 0.6) is 5.75 Å². The van der Waals surface area contributed by atoms with Crippen LogP contribution in [0.2, 0.25) is 0 Å². The fourth-order valence-corrected chi connectivity index (χ4v) is 2.79. The molecule has 0 aliphatic heterocycles. The molecule has 0 fully saturated rings. The van der Waals surface area contributed by atoms with E-state index in [4.69, 9.17) is 0 Å². The molecule has 1 heterocycles. The minimum absolute atomic E-state index is 0.156. The zero-order valence-electron chi connectivity index (χ0n) is 13.2. The van der Waals surface area contributed by atoms with Crippen LogP contribution in [-0.2, 0) is 0 Å². The molecule has 0 amide bonds. The maximum atomic E-state index is 9.82. The monoisotopic (exact) mass is 460 g/mol. The van der Waals surface area contributed by atoms with Gasteiger partial charge in [0.2, 0.25) is 0 Å². The Morgan fingerprint density at radius 2 is 1.72 bits per heavy atom. The zero-order valence-corrected chi connectivity index (χ0v) is 16.4. The number of benzene rings is 2. The van der Waals surface area contributed by atoms with E-state index in [9.17, 15) is 5.11 Å². The molecule has 0 saturated carbocycles. The number of phenolic OH excluding ortho intramolecular Hbond substituents is 1. The van der Waals surface area contributed by atoms with Gasteiger partial charge >= 0.3 is 0 Å². The van der Waals surface area contributed by atoms with Crippen molar-refractivity contribution in [3.8, 4) is 17.1 Å². The Morgan fingerprint density at radius 3 is 2.48 bits per heavy atom. The number of aromatic nitrogens is 2. The van der Waals surface area contributed by atoms with Crippen molar-refractivity contribution in [3.05, 3.63) is 68.7 Å². The van der Waals surface area contributed by atoms with E-state index in [0.717, 1.165) is 20.2 Å². The SMILES string of the molecule is Cc1cc(N/N=C/c2cc(Br)ccc2O)nc(-c2ccc(Br)cc2)n1. The fourth-order valence-electron chi connectivity index (χ4n) is 2.15. The number of rotatable bonds is 4. The molecule has 0 aliphatic carbocycles. The van der Waals surface area contributed by atoms with Gasteiger partial charge in [0.1, 0.15) is 5.75 Å². The highest BCUT2D eigenvalue weighted by molar-refractivity contribution is 9.10. The lowest BCUT2D eigenvalue weighted by atomic mass is 10.2. The highest BCUT2D eigenvalue weighted by Crippen LogP contribution is 2.21. The Bertz CT molecular complexity index is 927. The van der Waals surface area contributed by atoms with Crippen LogP contribution in [0, 0.1) is 6.92 Å². The number of aryl methyl sites for hydroxylation is 1. The summed E-state index contributed by atoms with van der Waals surface area (Å²) in [6.07, 6.45) is 1.54. The summed E-state index contributed by atoms with van der Waals surface area (Å²) < 4.78 is 1.86. The molecule has 0 atom stereocenters.